The minimum Gasteiger partial charge on any atom is -0.334 e. The molecule has 0 atom stereocenters. The molecule has 3 rings (SSSR count). The van der Waals surface area contributed by atoms with Gasteiger partial charge in [0, 0.05) is 57.6 Å². The molecule has 22 heavy (non-hydrogen) atoms. The van der Waals surface area contributed by atoms with Gasteiger partial charge in [0.2, 0.25) is 5.91 Å². The Balaban J connectivity index is 1.54. The molecule has 6 nitrogen and oxygen atoms in total. The van der Waals surface area contributed by atoms with Crippen LogP contribution in [0.25, 0.3) is 0 Å². The average Bonchev–Trinajstić information content (AvgIpc) is 3.28. The van der Waals surface area contributed by atoms with E-state index < -0.39 is 0 Å². The number of hydrogen-bond donors (Lipinski definition) is 0. The molecule has 1 aromatic rings. The summed E-state index contributed by atoms with van der Waals surface area (Å²) in [4.78, 5) is 19.5. The van der Waals surface area contributed by atoms with Gasteiger partial charge in [-0.05, 0) is 19.4 Å². The molecule has 0 radical (unpaired) electrons. The minimum absolute atomic E-state index is 0.274. The largest absolute Gasteiger partial charge is 0.334 e. The number of nitrogens with zero attached hydrogens (tertiary/aromatic N) is 5. The Hall–Kier alpha value is -1.40. The average molecular weight is 305 g/mol. The van der Waals surface area contributed by atoms with Crippen LogP contribution in [0.15, 0.2) is 12.4 Å². The number of likely N-dealkylation sites (N-methyl/N-ethyl adjacent to an activating group) is 1. The van der Waals surface area contributed by atoms with Crippen LogP contribution >= 0.6 is 0 Å². The Labute approximate surface area is 132 Å². The summed E-state index contributed by atoms with van der Waals surface area (Å²) >= 11 is 0. The number of aromatic nitrogens is 2. The molecule has 122 valence electrons. The van der Waals surface area contributed by atoms with Crippen LogP contribution in [-0.2, 0) is 18.4 Å². The van der Waals surface area contributed by atoms with Crippen molar-refractivity contribution in [2.24, 2.45) is 7.05 Å². The van der Waals surface area contributed by atoms with Gasteiger partial charge in [0.1, 0.15) is 0 Å². The van der Waals surface area contributed by atoms with E-state index in [-0.39, 0.29) is 5.91 Å². The van der Waals surface area contributed by atoms with Crippen molar-refractivity contribution in [3.05, 3.63) is 18.0 Å². The van der Waals surface area contributed by atoms with E-state index in [4.69, 9.17) is 0 Å². The Bertz CT molecular complexity index is 502. The molecule has 2 aliphatic rings. The summed E-state index contributed by atoms with van der Waals surface area (Å²) in [6, 6.07) is 0.449. The number of carbonyl (C=O) groups is 1. The zero-order chi connectivity index (χ0) is 15.5. The maximum absolute atomic E-state index is 12.7. The first-order valence-corrected chi connectivity index (χ1v) is 8.37. The first-order valence-electron chi connectivity index (χ1n) is 8.37. The standard InChI is InChI=1S/C16H27N5O/c1-3-19-6-8-20(9-7-19)13-16(22)21(15-4-5-15)12-14-10-17-18(2)11-14/h10-11,15H,3-9,12-13H2,1-2H3. The van der Waals surface area contributed by atoms with Crippen LogP contribution in [0, 0.1) is 0 Å². The van der Waals surface area contributed by atoms with Crippen molar-refractivity contribution in [1.29, 1.82) is 0 Å². The lowest BCUT2D eigenvalue weighted by atomic mass is 10.2. The van der Waals surface area contributed by atoms with Gasteiger partial charge in [0.25, 0.3) is 0 Å². The van der Waals surface area contributed by atoms with Crippen LogP contribution in [0.1, 0.15) is 25.3 Å². The molecule has 0 unspecified atom stereocenters. The highest BCUT2D eigenvalue weighted by atomic mass is 16.2. The lowest BCUT2D eigenvalue weighted by Crippen LogP contribution is -2.50. The summed E-state index contributed by atoms with van der Waals surface area (Å²) in [5.74, 6) is 0.274. The normalized spacial score (nSPS) is 20.3. The molecular weight excluding hydrogens is 278 g/mol. The number of hydrogen-bond acceptors (Lipinski definition) is 4. The van der Waals surface area contributed by atoms with Crippen LogP contribution in [0.4, 0.5) is 0 Å². The van der Waals surface area contributed by atoms with Gasteiger partial charge in [-0.3, -0.25) is 14.4 Å². The molecular formula is C16H27N5O. The Kier molecular flexibility index (Phi) is 4.78. The van der Waals surface area contributed by atoms with Crippen LogP contribution in [0.3, 0.4) is 0 Å². The Morgan fingerprint density at radius 3 is 2.50 bits per heavy atom. The minimum atomic E-state index is 0.274. The number of piperazine rings is 1. The molecule has 1 aliphatic heterocycles. The van der Waals surface area contributed by atoms with Gasteiger partial charge in [0.15, 0.2) is 0 Å². The molecule has 1 amide bonds. The van der Waals surface area contributed by atoms with Gasteiger partial charge in [-0.1, -0.05) is 6.92 Å². The smallest absolute Gasteiger partial charge is 0.237 e. The van der Waals surface area contributed by atoms with Gasteiger partial charge in [0.05, 0.1) is 12.7 Å². The summed E-state index contributed by atoms with van der Waals surface area (Å²) in [7, 11) is 1.92. The van der Waals surface area contributed by atoms with Crippen LogP contribution in [-0.4, -0.2) is 75.7 Å². The summed E-state index contributed by atoms with van der Waals surface area (Å²) in [6.07, 6.45) is 6.16. The van der Waals surface area contributed by atoms with E-state index >= 15 is 0 Å². The van der Waals surface area contributed by atoms with Gasteiger partial charge >= 0.3 is 0 Å². The lowest BCUT2D eigenvalue weighted by Gasteiger charge is -2.34. The van der Waals surface area contributed by atoms with E-state index in [0.717, 1.165) is 51.1 Å². The predicted molar refractivity (Wildman–Crippen MR) is 85.3 cm³/mol. The highest BCUT2D eigenvalue weighted by molar-refractivity contribution is 5.79. The number of aryl methyl sites for hydroxylation is 1. The second-order valence-electron chi connectivity index (χ2n) is 6.49. The van der Waals surface area contributed by atoms with Gasteiger partial charge in [-0.2, -0.15) is 5.10 Å². The van der Waals surface area contributed by atoms with Crippen molar-refractivity contribution in [2.75, 3.05) is 39.3 Å². The van der Waals surface area contributed by atoms with E-state index in [1.807, 2.05) is 19.4 Å². The second-order valence-corrected chi connectivity index (χ2v) is 6.49. The van der Waals surface area contributed by atoms with Crippen molar-refractivity contribution < 1.29 is 4.79 Å². The zero-order valence-electron chi connectivity index (χ0n) is 13.7. The van der Waals surface area contributed by atoms with Crippen LogP contribution in [0.5, 0.6) is 0 Å². The monoisotopic (exact) mass is 305 g/mol. The van der Waals surface area contributed by atoms with Crippen molar-refractivity contribution >= 4 is 5.91 Å². The van der Waals surface area contributed by atoms with Crippen LogP contribution in [0.2, 0.25) is 0 Å². The molecule has 6 heteroatoms. The predicted octanol–water partition coefficient (Wildman–Crippen LogP) is 0.549. The summed E-state index contributed by atoms with van der Waals surface area (Å²) in [5, 5.41) is 4.20. The molecule has 1 aliphatic carbocycles. The third-order valence-corrected chi connectivity index (χ3v) is 4.69. The van der Waals surface area contributed by atoms with E-state index in [2.05, 4.69) is 26.7 Å². The van der Waals surface area contributed by atoms with E-state index in [1.54, 1.807) is 4.68 Å². The van der Waals surface area contributed by atoms with Crippen molar-refractivity contribution in [3.63, 3.8) is 0 Å². The van der Waals surface area contributed by atoms with Crippen LogP contribution < -0.4 is 0 Å². The number of rotatable bonds is 6. The third-order valence-electron chi connectivity index (χ3n) is 4.69. The number of amides is 1. The second kappa shape index (κ2) is 6.79. The van der Waals surface area contributed by atoms with E-state index in [1.165, 1.54) is 0 Å². The molecule has 0 N–H and O–H groups in total. The lowest BCUT2D eigenvalue weighted by molar-refractivity contribution is -0.134. The topological polar surface area (TPSA) is 44.6 Å². The molecule has 1 saturated heterocycles. The first kappa shape index (κ1) is 15.5. The fourth-order valence-corrected chi connectivity index (χ4v) is 3.10. The Morgan fingerprint density at radius 1 is 1.27 bits per heavy atom. The van der Waals surface area contributed by atoms with Crippen molar-refractivity contribution in [2.45, 2.75) is 32.4 Å². The SMILES string of the molecule is CCN1CCN(CC(=O)N(Cc2cnn(C)c2)C2CC2)CC1. The zero-order valence-corrected chi connectivity index (χ0v) is 13.7. The van der Waals surface area contributed by atoms with Gasteiger partial charge in [-0.25, -0.2) is 0 Å². The quantitative estimate of drug-likeness (QED) is 0.770. The molecule has 2 fully saturated rings. The molecule has 0 spiro atoms. The summed E-state index contributed by atoms with van der Waals surface area (Å²) in [5.41, 5.74) is 1.12. The van der Waals surface area contributed by atoms with E-state index in [0.29, 0.717) is 19.1 Å². The molecule has 1 aromatic heterocycles. The highest BCUT2D eigenvalue weighted by Crippen LogP contribution is 2.28. The van der Waals surface area contributed by atoms with Crippen molar-refractivity contribution in [3.8, 4) is 0 Å². The van der Waals surface area contributed by atoms with Gasteiger partial charge in [-0.15, -0.1) is 0 Å². The van der Waals surface area contributed by atoms with E-state index in [9.17, 15) is 4.79 Å². The third kappa shape index (κ3) is 3.87. The molecule has 2 heterocycles. The Morgan fingerprint density at radius 2 is 1.95 bits per heavy atom. The summed E-state index contributed by atoms with van der Waals surface area (Å²) in [6.45, 7) is 8.74. The molecule has 0 bridgehead atoms. The fourth-order valence-electron chi connectivity index (χ4n) is 3.10. The number of carbonyl (C=O) groups excluding carboxylic acids is 1. The fraction of sp³-hybridized carbons (Fsp3) is 0.750. The first-order chi connectivity index (χ1) is 10.7. The molecule has 1 saturated carbocycles. The maximum Gasteiger partial charge on any atom is 0.237 e. The van der Waals surface area contributed by atoms with Crippen molar-refractivity contribution in [1.82, 2.24) is 24.5 Å². The highest BCUT2D eigenvalue weighted by Gasteiger charge is 2.33. The summed E-state index contributed by atoms with van der Waals surface area (Å²) < 4.78 is 1.80. The molecule has 0 aromatic carbocycles. The maximum atomic E-state index is 12.7. The van der Waals surface area contributed by atoms with Gasteiger partial charge < -0.3 is 9.80 Å².